The predicted molar refractivity (Wildman–Crippen MR) is 91.1 cm³/mol. The Bertz CT molecular complexity index is 624. The molecule has 0 radical (unpaired) electrons. The number of hydrogen-bond donors (Lipinski definition) is 0. The fraction of sp³-hybridized carbons (Fsp3) is 0.263. The van der Waals surface area contributed by atoms with Crippen molar-refractivity contribution in [3.05, 3.63) is 60.2 Å². The summed E-state index contributed by atoms with van der Waals surface area (Å²) in [7, 11) is 6.50. The van der Waals surface area contributed by atoms with Crippen molar-refractivity contribution in [3.63, 3.8) is 0 Å². The average Bonchev–Trinajstić information content (AvgIpc) is 2.61. The highest BCUT2D eigenvalue weighted by atomic mass is 16.5. The summed E-state index contributed by atoms with van der Waals surface area (Å²) in [6, 6.07) is 11.7. The van der Waals surface area contributed by atoms with Gasteiger partial charge in [-0.3, -0.25) is 0 Å². The van der Waals surface area contributed by atoms with Gasteiger partial charge in [-0.15, -0.1) is 6.58 Å². The third kappa shape index (κ3) is 3.42. The van der Waals surface area contributed by atoms with Gasteiger partial charge < -0.3 is 18.9 Å². The van der Waals surface area contributed by atoms with Crippen molar-refractivity contribution < 1.29 is 18.9 Å². The van der Waals surface area contributed by atoms with Crippen LogP contribution in [0.1, 0.15) is 17.0 Å². The zero-order valence-corrected chi connectivity index (χ0v) is 14.0. The highest BCUT2D eigenvalue weighted by molar-refractivity contribution is 5.50. The second-order valence-corrected chi connectivity index (χ2v) is 4.94. The smallest absolute Gasteiger partial charge is 0.161 e. The van der Waals surface area contributed by atoms with Gasteiger partial charge in [0, 0.05) is 5.92 Å². The fourth-order valence-corrected chi connectivity index (χ4v) is 2.56. The van der Waals surface area contributed by atoms with Crippen molar-refractivity contribution in [2.45, 2.75) is 5.92 Å². The lowest BCUT2D eigenvalue weighted by atomic mass is 9.91. The van der Waals surface area contributed by atoms with Crippen LogP contribution in [-0.2, 0) is 0 Å². The van der Waals surface area contributed by atoms with Gasteiger partial charge in [-0.1, -0.05) is 18.2 Å². The first-order chi connectivity index (χ1) is 11.2. The molecule has 2 rings (SSSR count). The summed E-state index contributed by atoms with van der Waals surface area (Å²) in [5.41, 5.74) is 2.12. The Morgan fingerprint density at radius 1 is 0.696 bits per heavy atom. The van der Waals surface area contributed by atoms with Crippen molar-refractivity contribution in [1.82, 2.24) is 0 Å². The molecule has 0 heterocycles. The van der Waals surface area contributed by atoms with Gasteiger partial charge in [-0.05, 0) is 35.4 Å². The number of hydrogen-bond acceptors (Lipinski definition) is 4. The molecule has 0 aliphatic carbocycles. The van der Waals surface area contributed by atoms with Crippen LogP contribution in [0.15, 0.2) is 49.1 Å². The van der Waals surface area contributed by atoms with Crippen LogP contribution in [-0.4, -0.2) is 28.4 Å². The Hall–Kier alpha value is -2.62. The average molecular weight is 314 g/mol. The first-order valence-electron chi connectivity index (χ1n) is 7.24. The summed E-state index contributed by atoms with van der Waals surface area (Å²) < 4.78 is 21.3. The van der Waals surface area contributed by atoms with Crippen molar-refractivity contribution in [3.8, 4) is 23.0 Å². The first kappa shape index (κ1) is 16.7. The Kier molecular flexibility index (Phi) is 5.52. The molecule has 0 fully saturated rings. The Labute approximate surface area is 137 Å². The highest BCUT2D eigenvalue weighted by Gasteiger charge is 2.16. The number of rotatable bonds is 7. The van der Waals surface area contributed by atoms with Crippen molar-refractivity contribution in [2.24, 2.45) is 0 Å². The standard InChI is InChI=1S/C19H22O4/c1-6-15(13-7-9-16(20-2)18(11-13)22-4)14-8-10-17(21-3)19(12-14)23-5/h6-12,15H,1H2,2-5H3. The summed E-state index contributed by atoms with van der Waals surface area (Å²) >= 11 is 0. The molecule has 0 aliphatic rings. The van der Waals surface area contributed by atoms with Crippen LogP contribution in [0.5, 0.6) is 23.0 Å². The van der Waals surface area contributed by atoms with Crippen molar-refractivity contribution >= 4 is 0 Å². The van der Waals surface area contributed by atoms with Gasteiger partial charge in [-0.2, -0.15) is 0 Å². The van der Waals surface area contributed by atoms with Gasteiger partial charge in [0.05, 0.1) is 28.4 Å². The number of methoxy groups -OCH3 is 4. The zero-order chi connectivity index (χ0) is 16.8. The van der Waals surface area contributed by atoms with Crippen LogP contribution in [0, 0.1) is 0 Å². The van der Waals surface area contributed by atoms with E-state index in [1.54, 1.807) is 28.4 Å². The summed E-state index contributed by atoms with van der Waals surface area (Å²) in [5, 5.41) is 0. The third-order valence-corrected chi connectivity index (χ3v) is 3.77. The Morgan fingerprint density at radius 2 is 1.09 bits per heavy atom. The van der Waals surface area contributed by atoms with Gasteiger partial charge in [0.2, 0.25) is 0 Å². The summed E-state index contributed by atoms with van der Waals surface area (Å²) in [6.07, 6.45) is 1.89. The SMILES string of the molecule is C=CC(c1ccc(OC)c(OC)c1)c1ccc(OC)c(OC)c1. The molecule has 0 aliphatic heterocycles. The molecule has 23 heavy (non-hydrogen) atoms. The molecule has 0 unspecified atom stereocenters. The first-order valence-corrected chi connectivity index (χ1v) is 7.24. The van der Waals surface area contributed by atoms with Crippen LogP contribution < -0.4 is 18.9 Å². The van der Waals surface area contributed by atoms with Gasteiger partial charge in [0.25, 0.3) is 0 Å². The molecule has 122 valence electrons. The van der Waals surface area contributed by atoms with E-state index in [4.69, 9.17) is 18.9 Å². The minimum atomic E-state index is 0.00890. The van der Waals surface area contributed by atoms with E-state index in [0.717, 1.165) is 11.1 Å². The summed E-state index contributed by atoms with van der Waals surface area (Å²) in [6.45, 7) is 3.97. The Balaban J connectivity index is 2.45. The minimum Gasteiger partial charge on any atom is -0.493 e. The number of benzene rings is 2. The van der Waals surface area contributed by atoms with E-state index in [1.807, 2.05) is 42.5 Å². The molecule has 0 atom stereocenters. The van der Waals surface area contributed by atoms with Crippen LogP contribution in [0.4, 0.5) is 0 Å². The zero-order valence-electron chi connectivity index (χ0n) is 14.0. The van der Waals surface area contributed by atoms with E-state index in [2.05, 4.69) is 6.58 Å². The lowest BCUT2D eigenvalue weighted by Crippen LogP contribution is -2.01. The largest absolute Gasteiger partial charge is 0.493 e. The number of ether oxygens (including phenoxy) is 4. The monoisotopic (exact) mass is 314 g/mol. The molecule has 4 heteroatoms. The van der Waals surface area contributed by atoms with Crippen molar-refractivity contribution in [1.29, 1.82) is 0 Å². The maximum atomic E-state index is 5.38. The second kappa shape index (κ2) is 7.58. The highest BCUT2D eigenvalue weighted by Crippen LogP contribution is 2.37. The molecule has 4 nitrogen and oxygen atoms in total. The normalized spacial score (nSPS) is 10.3. The topological polar surface area (TPSA) is 36.9 Å². The molecule has 2 aromatic rings. The van der Waals surface area contributed by atoms with Gasteiger partial charge in [0.15, 0.2) is 23.0 Å². The molecule has 0 spiro atoms. The van der Waals surface area contributed by atoms with Crippen LogP contribution >= 0.6 is 0 Å². The van der Waals surface area contributed by atoms with Crippen LogP contribution in [0.25, 0.3) is 0 Å². The summed E-state index contributed by atoms with van der Waals surface area (Å²) in [5.74, 6) is 2.79. The molecule has 0 amide bonds. The van der Waals surface area contributed by atoms with Crippen LogP contribution in [0.3, 0.4) is 0 Å². The molecular formula is C19H22O4. The maximum Gasteiger partial charge on any atom is 0.161 e. The molecule has 0 saturated carbocycles. The van der Waals surface area contributed by atoms with E-state index in [0.29, 0.717) is 23.0 Å². The molecular weight excluding hydrogens is 292 g/mol. The maximum absolute atomic E-state index is 5.38. The molecule has 0 aromatic heterocycles. The second-order valence-electron chi connectivity index (χ2n) is 4.94. The summed E-state index contributed by atoms with van der Waals surface area (Å²) in [4.78, 5) is 0. The van der Waals surface area contributed by atoms with E-state index in [1.165, 1.54) is 0 Å². The minimum absolute atomic E-state index is 0.00890. The van der Waals surface area contributed by atoms with Gasteiger partial charge in [0.1, 0.15) is 0 Å². The Morgan fingerprint density at radius 3 is 1.39 bits per heavy atom. The van der Waals surface area contributed by atoms with E-state index < -0.39 is 0 Å². The molecule has 0 saturated heterocycles. The van der Waals surface area contributed by atoms with Gasteiger partial charge >= 0.3 is 0 Å². The van der Waals surface area contributed by atoms with E-state index in [9.17, 15) is 0 Å². The lowest BCUT2D eigenvalue weighted by molar-refractivity contribution is 0.354. The van der Waals surface area contributed by atoms with Crippen molar-refractivity contribution in [2.75, 3.05) is 28.4 Å². The molecule has 2 aromatic carbocycles. The lowest BCUT2D eigenvalue weighted by Gasteiger charge is -2.18. The van der Waals surface area contributed by atoms with Gasteiger partial charge in [-0.25, -0.2) is 0 Å². The fourth-order valence-electron chi connectivity index (χ4n) is 2.56. The molecule has 0 N–H and O–H groups in total. The van der Waals surface area contributed by atoms with Crippen LogP contribution in [0.2, 0.25) is 0 Å². The quantitative estimate of drug-likeness (QED) is 0.723. The molecule has 0 bridgehead atoms. The van der Waals surface area contributed by atoms with E-state index >= 15 is 0 Å². The third-order valence-electron chi connectivity index (χ3n) is 3.77. The van der Waals surface area contributed by atoms with E-state index in [-0.39, 0.29) is 5.92 Å². The number of allylic oxidation sites excluding steroid dienone is 1. The predicted octanol–water partition coefficient (Wildman–Crippen LogP) is 4.04.